The first kappa shape index (κ1) is 14.3. The first-order valence-corrected chi connectivity index (χ1v) is 6.39. The van der Waals surface area contributed by atoms with Gasteiger partial charge in [-0.1, -0.05) is 0 Å². The lowest BCUT2D eigenvalue weighted by atomic mass is 10.0. The Kier molecular flexibility index (Phi) is 4.19. The number of aliphatic hydroxyl groups excluding tert-OH is 1. The maximum absolute atomic E-state index is 12.0. The first-order valence-electron chi connectivity index (χ1n) is 6.39. The third-order valence-corrected chi connectivity index (χ3v) is 3.43. The number of aliphatic hydroxyl groups is 1. The SMILES string of the molecule is CC(O)C1CCN(C(=O)Nc2cncc(C(=O)O)c2)C1. The molecule has 7 heteroatoms. The minimum Gasteiger partial charge on any atom is -0.478 e. The topological polar surface area (TPSA) is 103 Å². The van der Waals surface area contributed by atoms with E-state index in [1.165, 1.54) is 18.5 Å². The van der Waals surface area contributed by atoms with E-state index in [0.29, 0.717) is 18.8 Å². The lowest BCUT2D eigenvalue weighted by Crippen LogP contribution is -2.34. The Morgan fingerprint density at radius 3 is 2.85 bits per heavy atom. The molecule has 1 fully saturated rings. The summed E-state index contributed by atoms with van der Waals surface area (Å²) in [6.45, 7) is 2.79. The minimum absolute atomic E-state index is 0.0195. The van der Waals surface area contributed by atoms with Gasteiger partial charge in [0, 0.05) is 25.2 Å². The number of carboxylic acid groups (broad SMARTS) is 1. The number of nitrogens with zero attached hydrogens (tertiary/aromatic N) is 2. The van der Waals surface area contributed by atoms with Gasteiger partial charge in [-0.15, -0.1) is 0 Å². The van der Waals surface area contributed by atoms with Crippen molar-refractivity contribution < 1.29 is 19.8 Å². The van der Waals surface area contributed by atoms with Crippen LogP contribution in [0.15, 0.2) is 18.5 Å². The van der Waals surface area contributed by atoms with Gasteiger partial charge >= 0.3 is 12.0 Å². The molecule has 2 atom stereocenters. The number of hydrogen-bond acceptors (Lipinski definition) is 4. The summed E-state index contributed by atoms with van der Waals surface area (Å²) in [6.07, 6.45) is 2.94. The fraction of sp³-hybridized carbons (Fsp3) is 0.462. The highest BCUT2D eigenvalue weighted by atomic mass is 16.4. The second-order valence-corrected chi connectivity index (χ2v) is 4.93. The van der Waals surface area contributed by atoms with Crippen LogP contribution in [0.1, 0.15) is 23.7 Å². The third-order valence-electron chi connectivity index (χ3n) is 3.43. The van der Waals surface area contributed by atoms with Gasteiger partial charge in [-0.3, -0.25) is 4.98 Å². The van der Waals surface area contributed by atoms with Crippen LogP contribution in [0.4, 0.5) is 10.5 Å². The Labute approximate surface area is 116 Å². The van der Waals surface area contributed by atoms with Gasteiger partial charge in [0.15, 0.2) is 0 Å². The Morgan fingerprint density at radius 1 is 1.50 bits per heavy atom. The third kappa shape index (κ3) is 3.24. The Hall–Kier alpha value is -2.15. The lowest BCUT2D eigenvalue weighted by molar-refractivity contribution is 0.0696. The van der Waals surface area contributed by atoms with Gasteiger partial charge in [-0.2, -0.15) is 0 Å². The fourth-order valence-corrected chi connectivity index (χ4v) is 2.19. The number of likely N-dealkylation sites (tertiary alicyclic amines) is 1. The van der Waals surface area contributed by atoms with Crippen LogP contribution in [0.2, 0.25) is 0 Å². The van der Waals surface area contributed by atoms with Crippen LogP contribution in [-0.4, -0.2) is 51.3 Å². The van der Waals surface area contributed by atoms with Crippen molar-refractivity contribution >= 4 is 17.7 Å². The quantitative estimate of drug-likeness (QED) is 0.766. The van der Waals surface area contributed by atoms with Gasteiger partial charge in [0.1, 0.15) is 0 Å². The monoisotopic (exact) mass is 279 g/mol. The molecule has 2 unspecified atom stereocenters. The average Bonchev–Trinajstić information content (AvgIpc) is 2.88. The summed E-state index contributed by atoms with van der Waals surface area (Å²) in [6, 6.07) is 1.05. The molecule has 1 aromatic rings. The minimum atomic E-state index is -1.09. The van der Waals surface area contributed by atoms with Crippen LogP contribution >= 0.6 is 0 Å². The molecule has 0 bridgehead atoms. The van der Waals surface area contributed by atoms with Gasteiger partial charge in [0.25, 0.3) is 0 Å². The lowest BCUT2D eigenvalue weighted by Gasteiger charge is -2.18. The second-order valence-electron chi connectivity index (χ2n) is 4.93. The molecular weight excluding hydrogens is 262 g/mol. The molecule has 108 valence electrons. The zero-order valence-corrected chi connectivity index (χ0v) is 11.1. The van der Waals surface area contributed by atoms with Gasteiger partial charge in [0.2, 0.25) is 0 Å². The number of anilines is 1. The summed E-state index contributed by atoms with van der Waals surface area (Å²) < 4.78 is 0. The van der Waals surface area contributed by atoms with E-state index in [9.17, 15) is 14.7 Å². The van der Waals surface area contributed by atoms with E-state index in [1.807, 2.05) is 0 Å². The van der Waals surface area contributed by atoms with E-state index >= 15 is 0 Å². The number of aromatic carboxylic acids is 1. The summed E-state index contributed by atoms with van der Waals surface area (Å²) in [5.74, 6) is -1.01. The number of amides is 2. The van der Waals surface area contributed by atoms with E-state index < -0.39 is 12.1 Å². The van der Waals surface area contributed by atoms with Crippen molar-refractivity contribution in [3.63, 3.8) is 0 Å². The number of pyridine rings is 1. The Bertz CT molecular complexity index is 518. The number of aromatic nitrogens is 1. The summed E-state index contributed by atoms with van der Waals surface area (Å²) in [5, 5.41) is 21.0. The maximum atomic E-state index is 12.0. The van der Waals surface area contributed by atoms with Crippen LogP contribution in [-0.2, 0) is 0 Å². The van der Waals surface area contributed by atoms with Crippen molar-refractivity contribution in [2.75, 3.05) is 18.4 Å². The molecule has 2 rings (SSSR count). The summed E-state index contributed by atoms with van der Waals surface area (Å²) in [4.78, 5) is 28.2. The molecule has 0 aromatic carbocycles. The fourth-order valence-electron chi connectivity index (χ4n) is 2.19. The molecule has 1 aliphatic heterocycles. The average molecular weight is 279 g/mol. The van der Waals surface area contributed by atoms with Crippen LogP contribution in [0.3, 0.4) is 0 Å². The number of nitrogens with one attached hydrogen (secondary N) is 1. The summed E-state index contributed by atoms with van der Waals surface area (Å²) in [5.41, 5.74) is 0.362. The standard InChI is InChI=1S/C13H17N3O4/c1-8(17)9-2-3-16(7-9)13(20)15-11-4-10(12(18)19)5-14-6-11/h4-6,8-9,17H,2-3,7H2,1H3,(H,15,20)(H,18,19). The van der Waals surface area contributed by atoms with Crippen LogP contribution in [0.25, 0.3) is 0 Å². The van der Waals surface area contributed by atoms with E-state index in [4.69, 9.17) is 5.11 Å². The van der Waals surface area contributed by atoms with Crippen molar-refractivity contribution in [2.45, 2.75) is 19.4 Å². The maximum Gasteiger partial charge on any atom is 0.337 e. The normalized spacial score (nSPS) is 19.7. The summed E-state index contributed by atoms with van der Waals surface area (Å²) in [7, 11) is 0. The van der Waals surface area contributed by atoms with Gasteiger partial charge in [-0.25, -0.2) is 9.59 Å². The van der Waals surface area contributed by atoms with E-state index in [-0.39, 0.29) is 17.5 Å². The molecule has 3 N–H and O–H groups in total. The molecule has 0 saturated carbocycles. The predicted molar refractivity (Wildman–Crippen MR) is 71.6 cm³/mol. The van der Waals surface area contributed by atoms with Gasteiger partial charge in [0.05, 0.1) is 23.6 Å². The van der Waals surface area contributed by atoms with E-state index in [0.717, 1.165) is 6.42 Å². The van der Waals surface area contributed by atoms with Crippen molar-refractivity contribution in [1.29, 1.82) is 0 Å². The van der Waals surface area contributed by atoms with Crippen molar-refractivity contribution in [2.24, 2.45) is 5.92 Å². The summed E-state index contributed by atoms with van der Waals surface area (Å²) >= 11 is 0. The van der Waals surface area contributed by atoms with Crippen molar-refractivity contribution in [3.05, 3.63) is 24.0 Å². The van der Waals surface area contributed by atoms with Crippen molar-refractivity contribution in [3.8, 4) is 0 Å². The molecule has 7 nitrogen and oxygen atoms in total. The molecule has 2 heterocycles. The highest BCUT2D eigenvalue weighted by Gasteiger charge is 2.29. The number of carbonyl (C=O) groups excluding carboxylic acids is 1. The Morgan fingerprint density at radius 2 is 2.25 bits per heavy atom. The van der Waals surface area contributed by atoms with Crippen LogP contribution in [0.5, 0.6) is 0 Å². The van der Waals surface area contributed by atoms with E-state index in [1.54, 1.807) is 11.8 Å². The molecule has 1 aromatic heterocycles. The molecule has 1 saturated heterocycles. The number of rotatable bonds is 3. The highest BCUT2D eigenvalue weighted by Crippen LogP contribution is 2.20. The molecule has 2 amide bonds. The number of urea groups is 1. The second kappa shape index (κ2) is 5.87. The van der Waals surface area contributed by atoms with Gasteiger partial charge < -0.3 is 20.4 Å². The molecule has 20 heavy (non-hydrogen) atoms. The van der Waals surface area contributed by atoms with Crippen LogP contribution in [0, 0.1) is 5.92 Å². The van der Waals surface area contributed by atoms with E-state index in [2.05, 4.69) is 10.3 Å². The smallest absolute Gasteiger partial charge is 0.337 e. The zero-order valence-electron chi connectivity index (χ0n) is 11.1. The zero-order chi connectivity index (χ0) is 14.7. The Balaban J connectivity index is 1.98. The largest absolute Gasteiger partial charge is 0.478 e. The van der Waals surface area contributed by atoms with Crippen LogP contribution < -0.4 is 5.32 Å². The number of carboxylic acids is 1. The molecular formula is C13H17N3O4. The molecule has 1 aliphatic rings. The van der Waals surface area contributed by atoms with Gasteiger partial charge in [-0.05, 0) is 19.4 Å². The molecule has 0 spiro atoms. The predicted octanol–water partition coefficient (Wildman–Crippen LogP) is 1.01. The first-order chi connectivity index (χ1) is 9.47. The number of carbonyl (C=O) groups is 2. The van der Waals surface area contributed by atoms with Crippen molar-refractivity contribution in [1.82, 2.24) is 9.88 Å². The molecule has 0 aliphatic carbocycles. The molecule has 0 radical (unpaired) electrons. The highest BCUT2D eigenvalue weighted by molar-refractivity contribution is 5.92. The number of hydrogen-bond donors (Lipinski definition) is 3.